The van der Waals surface area contributed by atoms with Gasteiger partial charge in [-0.25, -0.2) is 4.79 Å². The van der Waals surface area contributed by atoms with Crippen molar-refractivity contribution in [2.24, 2.45) is 0 Å². The maximum Gasteiger partial charge on any atom is 0.411 e. The van der Waals surface area contributed by atoms with Crippen molar-refractivity contribution in [1.82, 2.24) is 4.90 Å². The van der Waals surface area contributed by atoms with E-state index in [1.807, 2.05) is 0 Å². The molecule has 0 aromatic rings. The van der Waals surface area contributed by atoms with Crippen molar-refractivity contribution < 1.29 is 14.3 Å². The van der Waals surface area contributed by atoms with Crippen LogP contribution in [0.2, 0.25) is 0 Å². The summed E-state index contributed by atoms with van der Waals surface area (Å²) in [6.07, 6.45) is 5.11. The van der Waals surface area contributed by atoms with E-state index in [0.717, 1.165) is 0 Å². The highest BCUT2D eigenvalue weighted by Crippen LogP contribution is 2.08. The third kappa shape index (κ3) is 1.32. The molecule has 1 aliphatic heterocycles. The van der Waals surface area contributed by atoms with E-state index in [1.54, 1.807) is 0 Å². The summed E-state index contributed by atoms with van der Waals surface area (Å²) in [5.74, 6) is 2.27. The van der Waals surface area contributed by atoms with E-state index in [0.29, 0.717) is 6.29 Å². The van der Waals surface area contributed by atoms with Gasteiger partial charge in [0.05, 0.1) is 6.54 Å². The van der Waals surface area contributed by atoms with Crippen LogP contribution in [-0.4, -0.2) is 36.5 Å². The second-order valence-corrected chi connectivity index (χ2v) is 2.11. The first-order valence-corrected chi connectivity index (χ1v) is 3.11. The molecule has 0 spiro atoms. The van der Waals surface area contributed by atoms with Gasteiger partial charge < -0.3 is 9.53 Å². The van der Waals surface area contributed by atoms with E-state index in [9.17, 15) is 9.59 Å². The lowest BCUT2D eigenvalue weighted by Crippen LogP contribution is -2.34. The lowest BCUT2D eigenvalue weighted by atomic mass is 10.3. The number of amides is 1. The third-order valence-electron chi connectivity index (χ3n) is 1.43. The van der Waals surface area contributed by atoms with Gasteiger partial charge in [-0.3, -0.25) is 4.90 Å². The van der Waals surface area contributed by atoms with Gasteiger partial charge in [0, 0.05) is 0 Å². The monoisotopic (exact) mass is 153 g/mol. The van der Waals surface area contributed by atoms with Crippen molar-refractivity contribution in [1.29, 1.82) is 0 Å². The molecule has 0 unspecified atom stereocenters. The summed E-state index contributed by atoms with van der Waals surface area (Å²) in [5, 5.41) is 0. The first-order valence-electron chi connectivity index (χ1n) is 3.11. The highest BCUT2D eigenvalue weighted by atomic mass is 16.6. The van der Waals surface area contributed by atoms with E-state index in [2.05, 4.69) is 10.7 Å². The van der Waals surface area contributed by atoms with Crippen molar-refractivity contribution >= 4 is 12.4 Å². The van der Waals surface area contributed by atoms with Gasteiger partial charge >= 0.3 is 6.09 Å². The Morgan fingerprint density at radius 1 is 1.91 bits per heavy atom. The Morgan fingerprint density at radius 3 is 3.18 bits per heavy atom. The van der Waals surface area contributed by atoms with Crippen LogP contribution in [0.15, 0.2) is 0 Å². The number of aldehydes is 1. The molecule has 0 radical (unpaired) electrons. The molecule has 0 saturated carbocycles. The Labute approximate surface area is 64.1 Å². The summed E-state index contributed by atoms with van der Waals surface area (Å²) in [5.41, 5.74) is 0. The summed E-state index contributed by atoms with van der Waals surface area (Å²) in [6.45, 7) is 0.242. The molecule has 4 nitrogen and oxygen atoms in total. The molecule has 4 heteroatoms. The van der Waals surface area contributed by atoms with E-state index in [-0.39, 0.29) is 13.2 Å². The summed E-state index contributed by atoms with van der Waals surface area (Å²) in [7, 11) is 0. The Bertz CT molecular complexity index is 218. The second kappa shape index (κ2) is 3.06. The van der Waals surface area contributed by atoms with Crippen LogP contribution >= 0.6 is 0 Å². The number of hydrogen-bond acceptors (Lipinski definition) is 3. The van der Waals surface area contributed by atoms with Crippen LogP contribution in [0.5, 0.6) is 0 Å². The summed E-state index contributed by atoms with van der Waals surface area (Å²) in [4.78, 5) is 22.3. The van der Waals surface area contributed by atoms with Crippen molar-refractivity contribution in [2.75, 3.05) is 13.2 Å². The SMILES string of the molecule is C#CCN1C(=O)OC[C@@H]1C=O. The zero-order valence-corrected chi connectivity index (χ0v) is 5.82. The van der Waals surface area contributed by atoms with Gasteiger partial charge in [0.15, 0.2) is 0 Å². The maximum absolute atomic E-state index is 10.8. The first kappa shape index (κ1) is 7.61. The topological polar surface area (TPSA) is 46.6 Å². The Kier molecular flexibility index (Phi) is 2.12. The molecule has 1 atom stereocenters. The Balaban J connectivity index is 2.64. The Hall–Kier alpha value is -1.50. The van der Waals surface area contributed by atoms with Crippen LogP contribution in [0.1, 0.15) is 0 Å². The summed E-state index contributed by atoms with van der Waals surface area (Å²) < 4.78 is 4.58. The van der Waals surface area contributed by atoms with Gasteiger partial charge in [0.2, 0.25) is 0 Å². The van der Waals surface area contributed by atoms with E-state index < -0.39 is 12.1 Å². The fraction of sp³-hybridized carbons (Fsp3) is 0.429. The highest BCUT2D eigenvalue weighted by molar-refractivity contribution is 5.77. The number of terminal acetylenes is 1. The molecule has 0 aliphatic carbocycles. The lowest BCUT2D eigenvalue weighted by molar-refractivity contribution is -0.110. The van der Waals surface area contributed by atoms with Crippen LogP contribution in [0.3, 0.4) is 0 Å². The summed E-state index contributed by atoms with van der Waals surface area (Å²) >= 11 is 0. The average Bonchev–Trinajstić information content (AvgIpc) is 2.34. The second-order valence-electron chi connectivity index (χ2n) is 2.11. The summed E-state index contributed by atoms with van der Waals surface area (Å²) in [6, 6.07) is -0.501. The van der Waals surface area contributed by atoms with Crippen molar-refractivity contribution in [3.63, 3.8) is 0 Å². The number of carbonyl (C=O) groups is 2. The van der Waals surface area contributed by atoms with Gasteiger partial charge in [-0.15, -0.1) is 6.42 Å². The van der Waals surface area contributed by atoms with Gasteiger partial charge in [0.1, 0.15) is 18.9 Å². The number of nitrogens with zero attached hydrogens (tertiary/aromatic N) is 1. The molecular weight excluding hydrogens is 146 g/mol. The van der Waals surface area contributed by atoms with Crippen molar-refractivity contribution in [3.05, 3.63) is 0 Å². The molecule has 0 aromatic heterocycles. The molecular formula is C7H7NO3. The minimum absolute atomic E-state index is 0.115. The molecule has 1 fully saturated rings. The fourth-order valence-electron chi connectivity index (χ4n) is 0.858. The minimum Gasteiger partial charge on any atom is -0.447 e. The number of cyclic esters (lactones) is 1. The van der Waals surface area contributed by atoms with E-state index in [1.165, 1.54) is 4.90 Å². The zero-order valence-electron chi connectivity index (χ0n) is 5.82. The molecule has 1 saturated heterocycles. The van der Waals surface area contributed by atoms with Gasteiger partial charge in [-0.1, -0.05) is 5.92 Å². The predicted molar refractivity (Wildman–Crippen MR) is 36.7 cm³/mol. The molecule has 1 heterocycles. The van der Waals surface area contributed by atoms with Crippen molar-refractivity contribution in [3.8, 4) is 12.3 Å². The fourth-order valence-corrected chi connectivity index (χ4v) is 0.858. The predicted octanol–water partition coefficient (Wildman–Crippen LogP) is -0.361. The molecule has 0 aromatic carbocycles. The largest absolute Gasteiger partial charge is 0.447 e. The molecule has 1 amide bonds. The van der Waals surface area contributed by atoms with E-state index in [4.69, 9.17) is 6.42 Å². The molecule has 11 heavy (non-hydrogen) atoms. The van der Waals surface area contributed by atoms with Crippen LogP contribution in [0, 0.1) is 12.3 Å². The van der Waals surface area contributed by atoms with Crippen molar-refractivity contribution in [2.45, 2.75) is 6.04 Å². The molecule has 0 bridgehead atoms. The molecule has 1 rings (SSSR count). The number of carbonyl (C=O) groups excluding carboxylic acids is 2. The van der Waals surface area contributed by atoms with Crippen LogP contribution in [0.25, 0.3) is 0 Å². The smallest absolute Gasteiger partial charge is 0.411 e. The highest BCUT2D eigenvalue weighted by Gasteiger charge is 2.31. The number of hydrogen-bond donors (Lipinski definition) is 0. The third-order valence-corrected chi connectivity index (χ3v) is 1.43. The van der Waals surface area contributed by atoms with Gasteiger partial charge in [0.25, 0.3) is 0 Å². The molecule has 0 N–H and O–H groups in total. The van der Waals surface area contributed by atoms with Gasteiger partial charge in [-0.2, -0.15) is 0 Å². The maximum atomic E-state index is 10.8. The molecule has 1 aliphatic rings. The van der Waals surface area contributed by atoms with Gasteiger partial charge in [-0.05, 0) is 0 Å². The first-order chi connectivity index (χ1) is 5.29. The standard InChI is InChI=1S/C7H7NO3/c1-2-3-8-6(4-9)5-11-7(8)10/h1,4,6H,3,5H2/t6-/m0/s1. The quantitative estimate of drug-likeness (QED) is 0.402. The number of rotatable bonds is 2. The van der Waals surface area contributed by atoms with Crippen LogP contribution < -0.4 is 0 Å². The Morgan fingerprint density at radius 2 is 2.64 bits per heavy atom. The lowest BCUT2D eigenvalue weighted by Gasteiger charge is -2.11. The van der Waals surface area contributed by atoms with E-state index >= 15 is 0 Å². The number of ether oxygens (including phenoxy) is 1. The van der Waals surface area contributed by atoms with Crippen LogP contribution in [0.4, 0.5) is 4.79 Å². The zero-order chi connectivity index (χ0) is 8.27. The van der Waals surface area contributed by atoms with Crippen LogP contribution in [-0.2, 0) is 9.53 Å². The minimum atomic E-state index is -0.514. The average molecular weight is 153 g/mol. The normalized spacial score (nSPS) is 22.6. The molecule has 58 valence electrons.